The number of allylic oxidation sites excluding steroid dienone is 2. The Balaban J connectivity index is 2.96. The number of hydrogen-bond donors (Lipinski definition) is 0. The fourth-order valence-corrected chi connectivity index (χ4v) is 1.02. The highest BCUT2D eigenvalue weighted by Crippen LogP contribution is 2.02. The maximum Gasteiger partial charge on any atom is 0.204 e. The monoisotopic (exact) mass is 175 g/mol. The van der Waals surface area contributed by atoms with Gasteiger partial charge in [-0.25, -0.2) is 4.98 Å². The lowest BCUT2D eigenvalue weighted by atomic mass is 10.2. The van der Waals surface area contributed by atoms with Gasteiger partial charge in [-0.05, 0) is 39.0 Å². The van der Waals surface area contributed by atoms with Crippen molar-refractivity contribution < 1.29 is 4.79 Å². The van der Waals surface area contributed by atoms with Crippen molar-refractivity contribution in [3.05, 3.63) is 41.2 Å². The zero-order chi connectivity index (χ0) is 9.84. The summed E-state index contributed by atoms with van der Waals surface area (Å²) in [6, 6.07) is 5.45. The van der Waals surface area contributed by atoms with E-state index in [0.717, 1.165) is 11.3 Å². The first kappa shape index (κ1) is 9.65. The van der Waals surface area contributed by atoms with Crippen molar-refractivity contribution in [3.63, 3.8) is 0 Å². The number of nitrogens with zero attached hydrogens (tertiary/aromatic N) is 1. The van der Waals surface area contributed by atoms with Crippen LogP contribution in [-0.2, 0) is 0 Å². The molecule has 0 radical (unpaired) electrons. The van der Waals surface area contributed by atoms with Gasteiger partial charge in [-0.2, -0.15) is 0 Å². The highest BCUT2D eigenvalue weighted by molar-refractivity contribution is 6.03. The molecule has 1 aromatic rings. The van der Waals surface area contributed by atoms with Crippen LogP contribution in [0.15, 0.2) is 29.8 Å². The zero-order valence-corrected chi connectivity index (χ0v) is 8.16. The van der Waals surface area contributed by atoms with E-state index in [9.17, 15) is 4.79 Å². The van der Waals surface area contributed by atoms with Crippen molar-refractivity contribution in [2.45, 2.75) is 20.8 Å². The Morgan fingerprint density at radius 2 is 2.08 bits per heavy atom. The summed E-state index contributed by atoms with van der Waals surface area (Å²) >= 11 is 0. The summed E-state index contributed by atoms with van der Waals surface area (Å²) in [5.41, 5.74) is 2.38. The van der Waals surface area contributed by atoms with Crippen molar-refractivity contribution in [1.29, 1.82) is 0 Å². The van der Waals surface area contributed by atoms with E-state index in [1.165, 1.54) is 0 Å². The lowest BCUT2D eigenvalue weighted by molar-refractivity contribution is 0.104. The lowest BCUT2D eigenvalue weighted by Crippen LogP contribution is -1.99. The molecule has 0 N–H and O–H groups in total. The maximum absolute atomic E-state index is 11.5. The van der Waals surface area contributed by atoms with Crippen molar-refractivity contribution in [2.24, 2.45) is 0 Å². The fourth-order valence-electron chi connectivity index (χ4n) is 1.02. The molecule has 0 fully saturated rings. The van der Waals surface area contributed by atoms with Gasteiger partial charge < -0.3 is 0 Å². The molecule has 0 saturated heterocycles. The Kier molecular flexibility index (Phi) is 2.96. The van der Waals surface area contributed by atoms with Crippen LogP contribution in [0.5, 0.6) is 0 Å². The number of carbonyl (C=O) groups excluding carboxylic acids is 1. The van der Waals surface area contributed by atoms with Gasteiger partial charge in [0.2, 0.25) is 5.78 Å². The van der Waals surface area contributed by atoms with E-state index < -0.39 is 0 Å². The predicted octanol–water partition coefficient (Wildman–Crippen LogP) is 2.54. The number of hydrogen-bond acceptors (Lipinski definition) is 2. The second kappa shape index (κ2) is 3.99. The summed E-state index contributed by atoms with van der Waals surface area (Å²) in [5, 5.41) is 0. The molecule has 13 heavy (non-hydrogen) atoms. The molecule has 0 aliphatic carbocycles. The first-order valence-electron chi connectivity index (χ1n) is 4.22. The standard InChI is InChI=1S/C11H13NO/c1-8(2)7-11(13)10-6-4-5-9(3)12-10/h4-7H,1-3H3. The quantitative estimate of drug-likeness (QED) is 0.510. The summed E-state index contributed by atoms with van der Waals surface area (Å²) in [7, 11) is 0. The molecule has 2 nitrogen and oxygen atoms in total. The van der Waals surface area contributed by atoms with Crippen LogP contribution < -0.4 is 0 Å². The third-order valence-electron chi connectivity index (χ3n) is 1.56. The highest BCUT2D eigenvalue weighted by Gasteiger charge is 2.02. The maximum atomic E-state index is 11.5. The van der Waals surface area contributed by atoms with Gasteiger partial charge in [-0.1, -0.05) is 11.6 Å². The second-order valence-electron chi connectivity index (χ2n) is 3.25. The Bertz CT molecular complexity index is 349. The minimum Gasteiger partial charge on any atom is -0.288 e. The first-order valence-corrected chi connectivity index (χ1v) is 4.22. The van der Waals surface area contributed by atoms with Crippen LogP contribution >= 0.6 is 0 Å². The van der Waals surface area contributed by atoms with Gasteiger partial charge in [0.25, 0.3) is 0 Å². The molecule has 0 atom stereocenters. The van der Waals surface area contributed by atoms with Gasteiger partial charge in [0.05, 0.1) is 0 Å². The Morgan fingerprint density at radius 1 is 1.38 bits per heavy atom. The molecule has 0 spiro atoms. The van der Waals surface area contributed by atoms with Crippen molar-refractivity contribution in [1.82, 2.24) is 4.98 Å². The zero-order valence-electron chi connectivity index (χ0n) is 8.16. The SMILES string of the molecule is CC(C)=CC(=O)c1cccc(C)n1. The molecule has 0 saturated carbocycles. The van der Waals surface area contributed by atoms with Crippen molar-refractivity contribution in [2.75, 3.05) is 0 Å². The summed E-state index contributed by atoms with van der Waals surface area (Å²) in [4.78, 5) is 15.6. The average molecular weight is 175 g/mol. The molecule has 2 heteroatoms. The third-order valence-corrected chi connectivity index (χ3v) is 1.56. The van der Waals surface area contributed by atoms with E-state index in [2.05, 4.69) is 4.98 Å². The summed E-state index contributed by atoms with van der Waals surface area (Å²) < 4.78 is 0. The minimum absolute atomic E-state index is 0.0244. The van der Waals surface area contributed by atoms with Crippen molar-refractivity contribution in [3.8, 4) is 0 Å². The molecule has 1 rings (SSSR count). The lowest BCUT2D eigenvalue weighted by Gasteiger charge is -1.96. The van der Waals surface area contributed by atoms with Gasteiger partial charge in [0.15, 0.2) is 0 Å². The van der Waals surface area contributed by atoms with Crippen LogP contribution in [0, 0.1) is 6.92 Å². The molecule has 1 heterocycles. The number of aromatic nitrogens is 1. The third kappa shape index (κ3) is 2.82. The highest BCUT2D eigenvalue weighted by atomic mass is 16.1. The minimum atomic E-state index is -0.0244. The molecule has 0 aromatic carbocycles. The predicted molar refractivity (Wildman–Crippen MR) is 52.7 cm³/mol. The fraction of sp³-hybridized carbons (Fsp3) is 0.273. The van der Waals surface area contributed by atoms with Crippen LogP contribution in [-0.4, -0.2) is 10.8 Å². The smallest absolute Gasteiger partial charge is 0.204 e. The number of rotatable bonds is 2. The Morgan fingerprint density at radius 3 is 2.62 bits per heavy atom. The molecule has 0 amide bonds. The van der Waals surface area contributed by atoms with E-state index in [0.29, 0.717) is 5.69 Å². The molecule has 0 aliphatic heterocycles. The normalized spacial score (nSPS) is 9.46. The molecule has 0 unspecified atom stereocenters. The Labute approximate surface area is 78.3 Å². The van der Waals surface area contributed by atoms with Crippen LogP contribution in [0.2, 0.25) is 0 Å². The van der Waals surface area contributed by atoms with Crippen LogP contribution in [0.4, 0.5) is 0 Å². The number of ketones is 1. The van der Waals surface area contributed by atoms with Gasteiger partial charge in [0.1, 0.15) is 5.69 Å². The molecule has 1 aromatic heterocycles. The molecule has 68 valence electrons. The molecular weight excluding hydrogens is 162 g/mol. The summed E-state index contributed by atoms with van der Waals surface area (Å²) in [5.74, 6) is -0.0244. The van der Waals surface area contributed by atoms with E-state index in [1.807, 2.05) is 32.9 Å². The van der Waals surface area contributed by atoms with E-state index in [4.69, 9.17) is 0 Å². The molecule has 0 aliphatic rings. The van der Waals surface area contributed by atoms with E-state index >= 15 is 0 Å². The first-order chi connectivity index (χ1) is 6.09. The van der Waals surface area contributed by atoms with E-state index in [1.54, 1.807) is 12.1 Å². The second-order valence-corrected chi connectivity index (χ2v) is 3.25. The van der Waals surface area contributed by atoms with Gasteiger partial charge in [-0.15, -0.1) is 0 Å². The van der Waals surface area contributed by atoms with Gasteiger partial charge in [0, 0.05) is 5.69 Å². The Hall–Kier alpha value is -1.44. The number of carbonyl (C=O) groups is 1. The van der Waals surface area contributed by atoms with Crippen LogP contribution in [0.3, 0.4) is 0 Å². The van der Waals surface area contributed by atoms with E-state index in [-0.39, 0.29) is 5.78 Å². The molecule has 0 bridgehead atoms. The largest absolute Gasteiger partial charge is 0.288 e. The number of pyridine rings is 1. The van der Waals surface area contributed by atoms with Crippen LogP contribution in [0.1, 0.15) is 30.0 Å². The van der Waals surface area contributed by atoms with Gasteiger partial charge in [-0.3, -0.25) is 4.79 Å². The summed E-state index contributed by atoms with van der Waals surface area (Å²) in [6.07, 6.45) is 1.60. The summed E-state index contributed by atoms with van der Waals surface area (Å²) in [6.45, 7) is 5.67. The van der Waals surface area contributed by atoms with Crippen LogP contribution in [0.25, 0.3) is 0 Å². The number of aryl methyl sites for hydroxylation is 1. The molecular formula is C11H13NO. The topological polar surface area (TPSA) is 30.0 Å². The van der Waals surface area contributed by atoms with Gasteiger partial charge >= 0.3 is 0 Å². The average Bonchev–Trinajstić information content (AvgIpc) is 2.03. The van der Waals surface area contributed by atoms with Crippen molar-refractivity contribution >= 4 is 5.78 Å².